The molecule has 5 nitrogen and oxygen atoms in total. The monoisotopic (exact) mass is 340 g/mol. The zero-order valence-corrected chi connectivity index (χ0v) is 15.1. The second-order valence-electron chi connectivity index (χ2n) is 5.63. The maximum atomic E-state index is 12.7. The molecule has 0 fully saturated rings. The summed E-state index contributed by atoms with van der Waals surface area (Å²) in [6.07, 6.45) is 0. The lowest BCUT2D eigenvalue weighted by atomic mass is 10.2. The first-order valence-corrected chi connectivity index (χ1v) is 8.67. The molecule has 0 saturated carbocycles. The van der Waals surface area contributed by atoms with Crippen LogP contribution >= 0.6 is 11.8 Å². The molecule has 0 radical (unpaired) electrons. The molecule has 124 valence electrons. The molecule has 0 aliphatic heterocycles. The van der Waals surface area contributed by atoms with Crippen LogP contribution in [0, 0.1) is 25.2 Å². The van der Waals surface area contributed by atoms with E-state index >= 15 is 0 Å². The number of aromatic nitrogens is 2. The van der Waals surface area contributed by atoms with Crippen molar-refractivity contribution in [3.8, 4) is 6.07 Å². The highest BCUT2D eigenvalue weighted by atomic mass is 32.2. The van der Waals surface area contributed by atoms with Crippen LogP contribution in [0.3, 0.4) is 0 Å². The molecule has 6 heteroatoms. The number of para-hydroxylation sites is 1. The predicted molar refractivity (Wildman–Crippen MR) is 96.0 cm³/mol. The van der Waals surface area contributed by atoms with Crippen LogP contribution in [-0.4, -0.2) is 27.7 Å². The van der Waals surface area contributed by atoms with Crippen molar-refractivity contribution in [2.45, 2.75) is 38.8 Å². The average molecular weight is 340 g/mol. The van der Waals surface area contributed by atoms with Crippen molar-refractivity contribution in [2.75, 3.05) is 10.7 Å². The zero-order chi connectivity index (χ0) is 17.7. The molecule has 0 spiro atoms. The number of carbonyl (C=O) groups excluding carboxylic acids is 1. The van der Waals surface area contributed by atoms with E-state index in [0.29, 0.717) is 22.1 Å². The SMILES string of the molecule is Cc1nc(C)c(C#N)c(SCC(=O)N(c2ccccc2)C(C)C)n1. The minimum absolute atomic E-state index is 0.0148. The second kappa shape index (κ2) is 7.93. The Morgan fingerprint density at radius 1 is 1.25 bits per heavy atom. The Morgan fingerprint density at radius 2 is 1.92 bits per heavy atom. The number of benzene rings is 1. The number of amides is 1. The lowest BCUT2D eigenvalue weighted by Gasteiger charge is -2.26. The highest BCUT2D eigenvalue weighted by Gasteiger charge is 2.20. The second-order valence-corrected chi connectivity index (χ2v) is 6.59. The molecule has 2 aromatic rings. The Kier molecular flexibility index (Phi) is 5.93. The number of rotatable bonds is 5. The molecule has 1 aromatic heterocycles. The largest absolute Gasteiger partial charge is 0.309 e. The Morgan fingerprint density at radius 3 is 2.50 bits per heavy atom. The lowest BCUT2D eigenvalue weighted by Crippen LogP contribution is -2.38. The number of aryl methyl sites for hydroxylation is 2. The van der Waals surface area contributed by atoms with Crippen LogP contribution in [0.4, 0.5) is 5.69 Å². The molecule has 0 aliphatic carbocycles. The summed E-state index contributed by atoms with van der Waals surface area (Å²) in [6.45, 7) is 7.53. The summed E-state index contributed by atoms with van der Waals surface area (Å²) in [7, 11) is 0. The van der Waals surface area contributed by atoms with Crippen LogP contribution < -0.4 is 4.90 Å². The predicted octanol–water partition coefficient (Wildman–Crippen LogP) is 3.50. The number of hydrogen-bond donors (Lipinski definition) is 0. The van der Waals surface area contributed by atoms with E-state index in [4.69, 9.17) is 0 Å². The van der Waals surface area contributed by atoms with Crippen LogP contribution in [0.15, 0.2) is 35.4 Å². The number of hydrogen-bond acceptors (Lipinski definition) is 5. The van der Waals surface area contributed by atoms with E-state index < -0.39 is 0 Å². The van der Waals surface area contributed by atoms with Gasteiger partial charge in [0.15, 0.2) is 0 Å². The maximum Gasteiger partial charge on any atom is 0.237 e. The van der Waals surface area contributed by atoms with Gasteiger partial charge in [0.25, 0.3) is 0 Å². The minimum Gasteiger partial charge on any atom is -0.309 e. The van der Waals surface area contributed by atoms with Crippen molar-refractivity contribution in [1.82, 2.24) is 9.97 Å². The fraction of sp³-hybridized carbons (Fsp3) is 0.333. The topological polar surface area (TPSA) is 69.9 Å². The van der Waals surface area contributed by atoms with Crippen molar-refractivity contribution >= 4 is 23.4 Å². The van der Waals surface area contributed by atoms with E-state index in [0.717, 1.165) is 5.69 Å². The van der Waals surface area contributed by atoms with Crippen molar-refractivity contribution < 1.29 is 4.79 Å². The smallest absolute Gasteiger partial charge is 0.237 e. The summed E-state index contributed by atoms with van der Waals surface area (Å²) in [5.41, 5.74) is 1.95. The molecule has 24 heavy (non-hydrogen) atoms. The number of thioether (sulfide) groups is 1. The number of nitrogens with zero attached hydrogens (tertiary/aromatic N) is 4. The standard InChI is InChI=1S/C18H20N4OS/c1-12(2)22(15-8-6-5-7-9-15)17(23)11-24-18-16(10-19)13(3)20-14(4)21-18/h5-9,12H,11H2,1-4H3. The zero-order valence-electron chi connectivity index (χ0n) is 14.3. The number of carbonyl (C=O) groups is 1. The van der Waals surface area contributed by atoms with Crippen molar-refractivity contribution in [3.63, 3.8) is 0 Å². The normalized spacial score (nSPS) is 10.5. The molecule has 0 bridgehead atoms. The number of anilines is 1. The summed E-state index contributed by atoms with van der Waals surface area (Å²) in [5.74, 6) is 0.807. The first-order chi connectivity index (χ1) is 11.4. The molecule has 1 aromatic carbocycles. The highest BCUT2D eigenvalue weighted by Crippen LogP contribution is 2.24. The third kappa shape index (κ3) is 4.12. The van der Waals surface area contributed by atoms with Gasteiger partial charge >= 0.3 is 0 Å². The summed E-state index contributed by atoms with van der Waals surface area (Å²) in [6, 6.07) is 11.8. The molecule has 0 unspecified atom stereocenters. The highest BCUT2D eigenvalue weighted by molar-refractivity contribution is 8.00. The van der Waals surface area contributed by atoms with Gasteiger partial charge in [-0.1, -0.05) is 30.0 Å². The fourth-order valence-corrected chi connectivity index (χ4v) is 3.37. The average Bonchev–Trinajstić information content (AvgIpc) is 2.53. The molecule has 0 N–H and O–H groups in total. The first kappa shape index (κ1) is 18.0. The van der Waals surface area contributed by atoms with Gasteiger partial charge in [0.2, 0.25) is 5.91 Å². The van der Waals surface area contributed by atoms with E-state index in [1.807, 2.05) is 44.2 Å². The fourth-order valence-electron chi connectivity index (χ4n) is 2.43. The van der Waals surface area contributed by atoms with E-state index in [-0.39, 0.29) is 17.7 Å². The molecule has 2 rings (SSSR count). The summed E-state index contributed by atoms with van der Waals surface area (Å²) < 4.78 is 0. The van der Waals surface area contributed by atoms with Gasteiger partial charge in [0.05, 0.1) is 11.4 Å². The van der Waals surface area contributed by atoms with E-state index in [2.05, 4.69) is 16.0 Å². The van der Waals surface area contributed by atoms with Crippen molar-refractivity contribution in [2.24, 2.45) is 0 Å². The van der Waals surface area contributed by atoms with E-state index in [1.165, 1.54) is 11.8 Å². The Hall–Kier alpha value is -2.39. The van der Waals surface area contributed by atoms with Gasteiger partial charge < -0.3 is 4.90 Å². The molecular weight excluding hydrogens is 320 g/mol. The minimum atomic E-state index is -0.0148. The van der Waals surface area contributed by atoms with E-state index in [9.17, 15) is 10.1 Å². The third-order valence-electron chi connectivity index (χ3n) is 3.43. The lowest BCUT2D eigenvalue weighted by molar-refractivity contribution is -0.116. The van der Waals surface area contributed by atoms with Crippen LogP contribution in [0.1, 0.15) is 30.9 Å². The molecule has 1 amide bonds. The quantitative estimate of drug-likeness (QED) is 0.615. The Balaban J connectivity index is 2.19. The molecule has 0 atom stereocenters. The van der Waals surface area contributed by atoms with Crippen LogP contribution in [0.2, 0.25) is 0 Å². The first-order valence-electron chi connectivity index (χ1n) is 7.69. The molecule has 0 saturated heterocycles. The van der Waals surface area contributed by atoms with Crippen LogP contribution in [0.25, 0.3) is 0 Å². The summed E-state index contributed by atoms with van der Waals surface area (Å²) >= 11 is 1.28. The maximum absolute atomic E-state index is 12.7. The Bertz CT molecular complexity index is 769. The van der Waals surface area contributed by atoms with Crippen LogP contribution in [-0.2, 0) is 4.79 Å². The Labute approximate surface area is 146 Å². The van der Waals surface area contributed by atoms with Gasteiger partial charge in [0, 0.05) is 11.7 Å². The van der Waals surface area contributed by atoms with E-state index in [1.54, 1.807) is 18.7 Å². The van der Waals surface area contributed by atoms with Crippen molar-refractivity contribution in [1.29, 1.82) is 5.26 Å². The van der Waals surface area contributed by atoms with Gasteiger partial charge in [-0.2, -0.15) is 5.26 Å². The number of nitriles is 1. The molecular formula is C18H20N4OS. The van der Waals surface area contributed by atoms with Gasteiger partial charge in [0.1, 0.15) is 22.5 Å². The summed E-state index contributed by atoms with van der Waals surface area (Å²) in [5, 5.41) is 9.85. The molecule has 0 aliphatic rings. The van der Waals surface area contributed by atoms with Gasteiger partial charge in [-0.3, -0.25) is 4.79 Å². The summed E-state index contributed by atoms with van der Waals surface area (Å²) in [4.78, 5) is 23.0. The van der Waals surface area contributed by atoms with Gasteiger partial charge in [-0.25, -0.2) is 9.97 Å². The van der Waals surface area contributed by atoms with Gasteiger partial charge in [-0.15, -0.1) is 0 Å². The third-order valence-corrected chi connectivity index (χ3v) is 4.39. The van der Waals surface area contributed by atoms with Crippen LogP contribution in [0.5, 0.6) is 0 Å². The van der Waals surface area contributed by atoms with Crippen molar-refractivity contribution in [3.05, 3.63) is 47.4 Å². The van der Waals surface area contributed by atoms with Gasteiger partial charge in [-0.05, 0) is 39.8 Å². The molecule has 1 heterocycles.